The molecule has 28 heavy (non-hydrogen) atoms. The topological polar surface area (TPSA) is 71.8 Å². The standard InChI is InChI=1S/C23H18N4O/c1-16-7-4-10-20(25-16)21-11-5-8-17(26-21)15-23(28)22-13-6-12-19(27-22)18-9-2-3-14-24-18/h2-15,28H,1H3/b23-15-. The van der Waals surface area contributed by atoms with E-state index in [1.54, 1.807) is 18.3 Å². The molecule has 0 spiro atoms. The van der Waals surface area contributed by atoms with Crippen LogP contribution in [0.25, 0.3) is 34.6 Å². The summed E-state index contributed by atoms with van der Waals surface area (Å²) in [6.07, 6.45) is 3.32. The van der Waals surface area contributed by atoms with Gasteiger partial charge in [-0.15, -0.1) is 0 Å². The molecule has 0 amide bonds. The summed E-state index contributed by atoms with van der Waals surface area (Å²) in [7, 11) is 0. The molecule has 136 valence electrons. The number of aryl methyl sites for hydroxylation is 1. The van der Waals surface area contributed by atoms with E-state index in [9.17, 15) is 5.11 Å². The molecule has 0 aliphatic carbocycles. The van der Waals surface area contributed by atoms with Gasteiger partial charge in [-0.2, -0.15) is 0 Å². The molecule has 5 nitrogen and oxygen atoms in total. The summed E-state index contributed by atoms with van der Waals surface area (Å²) in [5, 5.41) is 10.6. The van der Waals surface area contributed by atoms with Crippen LogP contribution in [0.3, 0.4) is 0 Å². The molecular formula is C23H18N4O. The minimum absolute atomic E-state index is 0.0413. The van der Waals surface area contributed by atoms with Crippen molar-refractivity contribution in [1.29, 1.82) is 0 Å². The number of pyridine rings is 4. The third-order valence-electron chi connectivity index (χ3n) is 4.14. The fourth-order valence-electron chi connectivity index (χ4n) is 2.81. The maximum absolute atomic E-state index is 10.6. The van der Waals surface area contributed by atoms with Crippen LogP contribution in [0.15, 0.2) is 79.0 Å². The maximum Gasteiger partial charge on any atom is 0.143 e. The van der Waals surface area contributed by atoms with Crippen molar-refractivity contribution in [2.45, 2.75) is 6.92 Å². The van der Waals surface area contributed by atoms with Crippen molar-refractivity contribution in [3.05, 3.63) is 96.1 Å². The Balaban J connectivity index is 1.66. The Morgan fingerprint density at radius 1 is 0.714 bits per heavy atom. The lowest BCUT2D eigenvalue weighted by molar-refractivity contribution is 0.512. The number of hydrogen-bond donors (Lipinski definition) is 1. The maximum atomic E-state index is 10.6. The molecule has 0 aliphatic rings. The summed E-state index contributed by atoms with van der Waals surface area (Å²) in [5.41, 5.74) is 5.02. The smallest absolute Gasteiger partial charge is 0.143 e. The average Bonchev–Trinajstić information content (AvgIpc) is 2.75. The molecular weight excluding hydrogens is 348 g/mol. The van der Waals surface area contributed by atoms with Crippen molar-refractivity contribution in [2.24, 2.45) is 0 Å². The Labute approximate surface area is 163 Å². The molecule has 0 saturated carbocycles. The third kappa shape index (κ3) is 3.94. The minimum Gasteiger partial charge on any atom is -0.506 e. The van der Waals surface area contributed by atoms with Gasteiger partial charge in [0.25, 0.3) is 0 Å². The van der Waals surface area contributed by atoms with Gasteiger partial charge in [0.15, 0.2) is 0 Å². The van der Waals surface area contributed by atoms with E-state index in [0.717, 1.165) is 22.8 Å². The van der Waals surface area contributed by atoms with Gasteiger partial charge in [-0.05, 0) is 55.5 Å². The van der Waals surface area contributed by atoms with Crippen LogP contribution in [0.5, 0.6) is 0 Å². The molecule has 4 heterocycles. The van der Waals surface area contributed by atoms with Crippen LogP contribution in [-0.4, -0.2) is 25.0 Å². The van der Waals surface area contributed by atoms with Crippen molar-refractivity contribution in [1.82, 2.24) is 19.9 Å². The normalized spacial score (nSPS) is 11.4. The highest BCUT2D eigenvalue weighted by molar-refractivity contribution is 5.75. The van der Waals surface area contributed by atoms with Crippen LogP contribution < -0.4 is 0 Å². The van der Waals surface area contributed by atoms with Crippen molar-refractivity contribution in [2.75, 3.05) is 0 Å². The lowest BCUT2D eigenvalue weighted by Gasteiger charge is -2.05. The van der Waals surface area contributed by atoms with Gasteiger partial charge in [-0.25, -0.2) is 9.97 Å². The first-order valence-electron chi connectivity index (χ1n) is 8.90. The van der Waals surface area contributed by atoms with Crippen LogP contribution in [0, 0.1) is 6.92 Å². The van der Waals surface area contributed by atoms with Gasteiger partial charge in [0, 0.05) is 18.0 Å². The van der Waals surface area contributed by atoms with E-state index in [-0.39, 0.29) is 5.76 Å². The zero-order valence-electron chi connectivity index (χ0n) is 15.3. The van der Waals surface area contributed by atoms with E-state index in [4.69, 9.17) is 0 Å². The molecule has 0 unspecified atom stereocenters. The van der Waals surface area contributed by atoms with Crippen molar-refractivity contribution in [3.63, 3.8) is 0 Å². The second-order valence-corrected chi connectivity index (χ2v) is 6.26. The fraction of sp³-hybridized carbons (Fsp3) is 0.0435. The van der Waals surface area contributed by atoms with E-state index < -0.39 is 0 Å². The van der Waals surface area contributed by atoms with E-state index in [1.807, 2.05) is 73.7 Å². The van der Waals surface area contributed by atoms with E-state index in [1.165, 1.54) is 0 Å². The number of aromatic nitrogens is 4. The van der Waals surface area contributed by atoms with E-state index in [0.29, 0.717) is 17.1 Å². The lowest BCUT2D eigenvalue weighted by Crippen LogP contribution is -1.94. The second kappa shape index (κ2) is 7.80. The van der Waals surface area contributed by atoms with Gasteiger partial charge in [-0.3, -0.25) is 9.97 Å². The molecule has 4 aromatic rings. The number of aliphatic hydroxyl groups is 1. The van der Waals surface area contributed by atoms with Gasteiger partial charge < -0.3 is 5.11 Å². The summed E-state index contributed by atoms with van der Waals surface area (Å²) in [6, 6.07) is 22.5. The molecule has 0 fully saturated rings. The molecule has 0 saturated heterocycles. The van der Waals surface area contributed by atoms with Crippen LogP contribution in [0.2, 0.25) is 0 Å². The number of aliphatic hydroxyl groups excluding tert-OH is 1. The first kappa shape index (κ1) is 17.5. The van der Waals surface area contributed by atoms with Crippen LogP contribution in [0.1, 0.15) is 17.1 Å². The first-order chi connectivity index (χ1) is 13.7. The summed E-state index contributed by atoms with van der Waals surface area (Å²) in [6.45, 7) is 1.94. The zero-order chi connectivity index (χ0) is 19.3. The summed E-state index contributed by atoms with van der Waals surface area (Å²) < 4.78 is 0. The molecule has 1 N–H and O–H groups in total. The number of hydrogen-bond acceptors (Lipinski definition) is 5. The van der Waals surface area contributed by atoms with Gasteiger partial charge in [0.1, 0.15) is 11.5 Å². The van der Waals surface area contributed by atoms with E-state index in [2.05, 4.69) is 19.9 Å². The van der Waals surface area contributed by atoms with Gasteiger partial charge in [0.2, 0.25) is 0 Å². The van der Waals surface area contributed by atoms with Gasteiger partial charge in [-0.1, -0.05) is 24.3 Å². The molecule has 4 rings (SSSR count). The predicted octanol–water partition coefficient (Wildman–Crippen LogP) is 4.97. The molecule has 0 bridgehead atoms. The molecule has 0 aromatic carbocycles. The van der Waals surface area contributed by atoms with Crippen LogP contribution >= 0.6 is 0 Å². The zero-order valence-corrected chi connectivity index (χ0v) is 15.3. The predicted molar refractivity (Wildman–Crippen MR) is 110 cm³/mol. The summed E-state index contributed by atoms with van der Waals surface area (Å²) in [5.74, 6) is 0.0413. The fourth-order valence-corrected chi connectivity index (χ4v) is 2.81. The molecule has 0 atom stereocenters. The first-order valence-corrected chi connectivity index (χ1v) is 8.90. The molecule has 0 radical (unpaired) electrons. The average molecular weight is 366 g/mol. The highest BCUT2D eigenvalue weighted by atomic mass is 16.3. The van der Waals surface area contributed by atoms with Gasteiger partial charge >= 0.3 is 0 Å². The monoisotopic (exact) mass is 366 g/mol. The lowest BCUT2D eigenvalue weighted by atomic mass is 10.2. The summed E-state index contributed by atoms with van der Waals surface area (Å²) in [4.78, 5) is 17.9. The van der Waals surface area contributed by atoms with E-state index >= 15 is 0 Å². The highest BCUT2D eigenvalue weighted by Gasteiger charge is 2.07. The molecule has 0 aliphatic heterocycles. The summed E-state index contributed by atoms with van der Waals surface area (Å²) >= 11 is 0. The highest BCUT2D eigenvalue weighted by Crippen LogP contribution is 2.20. The quantitative estimate of drug-likeness (QED) is 0.517. The Kier molecular flexibility index (Phi) is 4.89. The minimum atomic E-state index is 0.0413. The van der Waals surface area contributed by atoms with Crippen molar-refractivity contribution in [3.8, 4) is 22.8 Å². The SMILES string of the molecule is Cc1cccc(-c2cccc(/C=C(\O)c3cccc(-c4ccccn4)n3)n2)n1. The Hall–Kier alpha value is -3.86. The number of rotatable bonds is 4. The van der Waals surface area contributed by atoms with Crippen molar-refractivity contribution >= 4 is 11.8 Å². The number of nitrogens with zero attached hydrogens (tertiary/aromatic N) is 4. The van der Waals surface area contributed by atoms with Crippen LogP contribution in [-0.2, 0) is 0 Å². The van der Waals surface area contributed by atoms with Gasteiger partial charge in [0.05, 0.1) is 28.5 Å². The molecule has 4 aromatic heterocycles. The second-order valence-electron chi connectivity index (χ2n) is 6.26. The van der Waals surface area contributed by atoms with Crippen LogP contribution in [0.4, 0.5) is 0 Å². The Morgan fingerprint density at radius 2 is 1.39 bits per heavy atom. The Morgan fingerprint density at radius 3 is 2.14 bits per heavy atom. The Bertz CT molecular complexity index is 1140. The largest absolute Gasteiger partial charge is 0.506 e. The third-order valence-corrected chi connectivity index (χ3v) is 4.14. The molecule has 5 heteroatoms. The van der Waals surface area contributed by atoms with Crippen molar-refractivity contribution < 1.29 is 5.11 Å².